The molecular formula is C21H29N3O4S. The molecule has 0 radical (unpaired) electrons. The summed E-state index contributed by atoms with van der Waals surface area (Å²) in [6, 6.07) is 6.04. The Bertz CT molecular complexity index is 922. The summed E-state index contributed by atoms with van der Waals surface area (Å²) >= 11 is 0. The molecular weight excluding hydrogens is 390 g/mol. The van der Waals surface area contributed by atoms with Gasteiger partial charge in [0, 0.05) is 50.9 Å². The fourth-order valence-corrected chi connectivity index (χ4v) is 6.51. The average molecular weight is 420 g/mol. The summed E-state index contributed by atoms with van der Waals surface area (Å²) in [5, 5.41) is 0. The van der Waals surface area contributed by atoms with Crippen LogP contribution in [-0.2, 0) is 19.4 Å². The second-order valence-corrected chi connectivity index (χ2v) is 10.8. The zero-order valence-electron chi connectivity index (χ0n) is 17.1. The van der Waals surface area contributed by atoms with E-state index in [1.165, 1.54) is 16.8 Å². The second-order valence-electron chi connectivity index (χ2n) is 8.54. The zero-order chi connectivity index (χ0) is 20.8. The molecule has 0 spiro atoms. The van der Waals surface area contributed by atoms with E-state index in [1.54, 1.807) is 4.90 Å². The largest absolute Gasteiger partial charge is 0.368 e. The van der Waals surface area contributed by atoms with Crippen molar-refractivity contribution in [3.63, 3.8) is 0 Å². The Morgan fingerprint density at radius 2 is 1.83 bits per heavy atom. The zero-order valence-corrected chi connectivity index (χ0v) is 18.0. The van der Waals surface area contributed by atoms with E-state index >= 15 is 0 Å². The van der Waals surface area contributed by atoms with Crippen LogP contribution in [0, 0.1) is 19.8 Å². The topological polar surface area (TPSA) is 78.0 Å². The maximum Gasteiger partial charge on any atom is 0.228 e. The van der Waals surface area contributed by atoms with E-state index in [1.807, 2.05) is 4.90 Å². The van der Waals surface area contributed by atoms with Crippen molar-refractivity contribution in [1.82, 2.24) is 9.80 Å². The number of carbonyl (C=O) groups is 2. The van der Waals surface area contributed by atoms with Crippen molar-refractivity contribution in [3.05, 3.63) is 29.3 Å². The van der Waals surface area contributed by atoms with Gasteiger partial charge in [-0.2, -0.15) is 0 Å². The molecule has 3 heterocycles. The van der Waals surface area contributed by atoms with Gasteiger partial charge >= 0.3 is 0 Å². The number of amides is 2. The predicted molar refractivity (Wildman–Crippen MR) is 112 cm³/mol. The van der Waals surface area contributed by atoms with Crippen molar-refractivity contribution in [1.29, 1.82) is 0 Å². The molecule has 0 bridgehead atoms. The molecule has 8 heteroatoms. The first-order valence-corrected chi connectivity index (χ1v) is 12.2. The summed E-state index contributed by atoms with van der Waals surface area (Å²) in [5.41, 5.74) is 3.76. The van der Waals surface area contributed by atoms with Crippen LogP contribution in [-0.4, -0.2) is 80.3 Å². The number of benzene rings is 1. The molecule has 2 amide bonds. The molecule has 0 aliphatic carbocycles. The Hall–Kier alpha value is -2.09. The highest BCUT2D eigenvalue weighted by atomic mass is 32.2. The average Bonchev–Trinajstić information content (AvgIpc) is 3.25. The highest BCUT2D eigenvalue weighted by molar-refractivity contribution is 7.91. The number of hydrogen-bond acceptors (Lipinski definition) is 5. The molecule has 4 rings (SSSR count). The van der Waals surface area contributed by atoms with Crippen LogP contribution in [0.25, 0.3) is 0 Å². The van der Waals surface area contributed by atoms with E-state index in [0.29, 0.717) is 26.1 Å². The standard InChI is InChI=1S/C21H29N3O4S/c1-15-4-3-5-19(16(15)2)22-7-9-23(10-8-22)21(26)17-12-20(25)24(13-17)18-6-11-29(27,28)14-18/h3-5,17-18H,6-14H2,1-2H3. The van der Waals surface area contributed by atoms with Gasteiger partial charge in [0.15, 0.2) is 9.84 Å². The molecule has 0 saturated carbocycles. The molecule has 2 unspecified atom stereocenters. The van der Waals surface area contributed by atoms with Gasteiger partial charge in [-0.05, 0) is 37.5 Å². The lowest BCUT2D eigenvalue weighted by molar-refractivity contribution is -0.136. The lowest BCUT2D eigenvalue weighted by atomic mass is 10.1. The predicted octanol–water partition coefficient (Wildman–Crippen LogP) is 0.988. The molecule has 3 saturated heterocycles. The number of carbonyl (C=O) groups excluding carboxylic acids is 2. The minimum atomic E-state index is -3.05. The number of nitrogens with zero attached hydrogens (tertiary/aromatic N) is 3. The normalized spacial score (nSPS) is 27.0. The minimum Gasteiger partial charge on any atom is -0.368 e. The summed E-state index contributed by atoms with van der Waals surface area (Å²) in [4.78, 5) is 31.3. The van der Waals surface area contributed by atoms with E-state index in [9.17, 15) is 18.0 Å². The molecule has 158 valence electrons. The molecule has 29 heavy (non-hydrogen) atoms. The second kappa shape index (κ2) is 7.63. The Labute approximate surface area is 172 Å². The molecule has 3 aliphatic rings. The summed E-state index contributed by atoms with van der Waals surface area (Å²) in [7, 11) is -3.05. The smallest absolute Gasteiger partial charge is 0.228 e. The Kier molecular flexibility index (Phi) is 5.31. The van der Waals surface area contributed by atoms with Crippen molar-refractivity contribution in [2.75, 3.05) is 49.1 Å². The Morgan fingerprint density at radius 1 is 1.10 bits per heavy atom. The third-order valence-corrected chi connectivity index (χ3v) is 8.42. The van der Waals surface area contributed by atoms with E-state index in [-0.39, 0.29) is 41.7 Å². The van der Waals surface area contributed by atoms with Gasteiger partial charge in [0.25, 0.3) is 0 Å². The van der Waals surface area contributed by atoms with Crippen LogP contribution >= 0.6 is 0 Å². The molecule has 0 N–H and O–H groups in total. The number of anilines is 1. The van der Waals surface area contributed by atoms with Crippen LogP contribution in [0.3, 0.4) is 0 Å². The summed E-state index contributed by atoms with van der Waals surface area (Å²) in [6.45, 7) is 7.45. The summed E-state index contributed by atoms with van der Waals surface area (Å²) in [6.07, 6.45) is 0.691. The number of likely N-dealkylation sites (tertiary alicyclic amines) is 1. The van der Waals surface area contributed by atoms with E-state index in [2.05, 4.69) is 36.9 Å². The van der Waals surface area contributed by atoms with Crippen LogP contribution in [0.5, 0.6) is 0 Å². The third-order valence-electron chi connectivity index (χ3n) is 6.66. The summed E-state index contributed by atoms with van der Waals surface area (Å²) < 4.78 is 23.5. The first-order chi connectivity index (χ1) is 13.7. The maximum atomic E-state index is 13.0. The Balaban J connectivity index is 1.35. The third kappa shape index (κ3) is 3.99. The number of rotatable bonds is 3. The lowest BCUT2D eigenvalue weighted by Gasteiger charge is -2.38. The fraction of sp³-hybridized carbons (Fsp3) is 0.619. The molecule has 1 aromatic rings. The van der Waals surface area contributed by atoms with Crippen molar-refractivity contribution < 1.29 is 18.0 Å². The van der Waals surface area contributed by atoms with E-state index in [0.717, 1.165) is 13.1 Å². The van der Waals surface area contributed by atoms with Gasteiger partial charge in [0.2, 0.25) is 11.8 Å². The number of aryl methyl sites for hydroxylation is 1. The van der Waals surface area contributed by atoms with Crippen LogP contribution in [0.4, 0.5) is 5.69 Å². The van der Waals surface area contributed by atoms with Gasteiger partial charge in [-0.25, -0.2) is 8.42 Å². The first-order valence-electron chi connectivity index (χ1n) is 10.3. The van der Waals surface area contributed by atoms with E-state index in [4.69, 9.17) is 0 Å². The van der Waals surface area contributed by atoms with Gasteiger partial charge in [0.1, 0.15) is 0 Å². The van der Waals surface area contributed by atoms with Gasteiger partial charge in [0.05, 0.1) is 17.4 Å². The Morgan fingerprint density at radius 3 is 2.48 bits per heavy atom. The number of piperazine rings is 1. The molecule has 3 fully saturated rings. The molecule has 7 nitrogen and oxygen atoms in total. The lowest BCUT2D eigenvalue weighted by Crippen LogP contribution is -2.51. The number of hydrogen-bond donors (Lipinski definition) is 0. The van der Waals surface area contributed by atoms with E-state index < -0.39 is 9.84 Å². The first kappa shape index (κ1) is 20.2. The highest BCUT2D eigenvalue weighted by Crippen LogP contribution is 2.28. The van der Waals surface area contributed by atoms with Crippen LogP contribution in [0.1, 0.15) is 24.0 Å². The van der Waals surface area contributed by atoms with Crippen molar-refractivity contribution in [3.8, 4) is 0 Å². The molecule has 3 aliphatic heterocycles. The van der Waals surface area contributed by atoms with Crippen LogP contribution < -0.4 is 4.90 Å². The van der Waals surface area contributed by atoms with Gasteiger partial charge in [-0.3, -0.25) is 9.59 Å². The number of sulfone groups is 1. The maximum absolute atomic E-state index is 13.0. The molecule has 2 atom stereocenters. The van der Waals surface area contributed by atoms with Gasteiger partial charge in [-0.15, -0.1) is 0 Å². The van der Waals surface area contributed by atoms with Crippen molar-refractivity contribution in [2.45, 2.75) is 32.7 Å². The fourth-order valence-electron chi connectivity index (χ4n) is 4.78. The monoisotopic (exact) mass is 419 g/mol. The molecule has 1 aromatic carbocycles. The van der Waals surface area contributed by atoms with Crippen molar-refractivity contribution in [2.24, 2.45) is 5.92 Å². The SMILES string of the molecule is Cc1cccc(N2CCN(C(=O)C3CC(=O)N(C4CCS(=O)(=O)C4)C3)CC2)c1C. The summed E-state index contributed by atoms with van der Waals surface area (Å²) in [5.74, 6) is -0.228. The van der Waals surface area contributed by atoms with Crippen LogP contribution in [0.15, 0.2) is 18.2 Å². The minimum absolute atomic E-state index is 0.0299. The van der Waals surface area contributed by atoms with Gasteiger partial charge in [-0.1, -0.05) is 12.1 Å². The quantitative estimate of drug-likeness (QED) is 0.730. The van der Waals surface area contributed by atoms with Gasteiger partial charge < -0.3 is 14.7 Å². The molecule has 0 aromatic heterocycles. The highest BCUT2D eigenvalue weighted by Gasteiger charge is 2.43. The van der Waals surface area contributed by atoms with Crippen molar-refractivity contribution >= 4 is 27.3 Å². The van der Waals surface area contributed by atoms with Crippen LogP contribution in [0.2, 0.25) is 0 Å².